The zero-order valence-electron chi connectivity index (χ0n) is 24.9. The average molecular weight is 559 g/mol. The molecule has 224 valence electrons. The average Bonchev–Trinajstić information content (AvgIpc) is 2.88. The molecule has 38 heavy (non-hydrogen) atoms. The first-order valence-corrected chi connectivity index (χ1v) is 16.6. The molecule has 0 aromatic heterocycles. The van der Waals surface area contributed by atoms with Crippen LogP contribution < -0.4 is 0 Å². The van der Waals surface area contributed by atoms with Crippen molar-refractivity contribution >= 4 is 29.7 Å². The SMILES string of the molecule is CCCCCCCCCCCCCCCCCCCCCCSCC(=O)OC(COC(C)=O)COC(C)=O. The summed E-state index contributed by atoms with van der Waals surface area (Å²) >= 11 is 1.55. The summed E-state index contributed by atoms with van der Waals surface area (Å²) in [5.74, 6) is -0.152. The Morgan fingerprint density at radius 1 is 0.553 bits per heavy atom. The largest absolute Gasteiger partial charge is 0.462 e. The van der Waals surface area contributed by atoms with Crippen molar-refractivity contribution in [2.24, 2.45) is 0 Å². The Labute approximate surface area is 238 Å². The Kier molecular flexibility index (Phi) is 27.8. The van der Waals surface area contributed by atoms with E-state index >= 15 is 0 Å². The highest BCUT2D eigenvalue weighted by molar-refractivity contribution is 7.99. The van der Waals surface area contributed by atoms with Crippen molar-refractivity contribution in [1.29, 1.82) is 0 Å². The van der Waals surface area contributed by atoms with E-state index in [0.717, 1.165) is 12.2 Å². The lowest BCUT2D eigenvalue weighted by molar-refractivity contribution is -0.163. The summed E-state index contributed by atoms with van der Waals surface area (Å²) in [6.07, 6.45) is 26.6. The third-order valence-electron chi connectivity index (χ3n) is 6.61. The van der Waals surface area contributed by atoms with Gasteiger partial charge in [-0.3, -0.25) is 14.4 Å². The number of carbonyl (C=O) groups is 3. The summed E-state index contributed by atoms with van der Waals surface area (Å²) in [7, 11) is 0. The summed E-state index contributed by atoms with van der Waals surface area (Å²) in [6, 6.07) is 0. The highest BCUT2D eigenvalue weighted by Crippen LogP contribution is 2.15. The van der Waals surface area contributed by atoms with Crippen LogP contribution >= 0.6 is 11.8 Å². The molecule has 7 heteroatoms. The molecule has 0 unspecified atom stereocenters. The van der Waals surface area contributed by atoms with Crippen LogP contribution in [0.5, 0.6) is 0 Å². The van der Waals surface area contributed by atoms with Crippen molar-refractivity contribution in [3.63, 3.8) is 0 Å². The molecule has 0 fully saturated rings. The predicted molar refractivity (Wildman–Crippen MR) is 158 cm³/mol. The van der Waals surface area contributed by atoms with Crippen LogP contribution in [0.4, 0.5) is 0 Å². The van der Waals surface area contributed by atoms with E-state index in [4.69, 9.17) is 14.2 Å². The van der Waals surface area contributed by atoms with Crippen LogP contribution in [0.2, 0.25) is 0 Å². The molecule has 0 heterocycles. The molecule has 0 aliphatic rings. The van der Waals surface area contributed by atoms with E-state index < -0.39 is 18.0 Å². The third-order valence-corrected chi connectivity index (χ3v) is 7.62. The molecule has 0 N–H and O–H groups in total. The normalized spacial score (nSPS) is 11.1. The number of thioether (sulfide) groups is 1. The Balaban J connectivity index is 3.41. The topological polar surface area (TPSA) is 78.9 Å². The minimum atomic E-state index is -0.768. The van der Waals surface area contributed by atoms with E-state index in [0.29, 0.717) is 0 Å². The lowest BCUT2D eigenvalue weighted by atomic mass is 10.0. The minimum absolute atomic E-state index is 0.113. The van der Waals surface area contributed by atoms with E-state index in [1.165, 1.54) is 136 Å². The van der Waals surface area contributed by atoms with Gasteiger partial charge < -0.3 is 14.2 Å². The van der Waals surface area contributed by atoms with Gasteiger partial charge in [0.05, 0.1) is 5.75 Å². The quantitative estimate of drug-likeness (QED) is 0.0540. The Morgan fingerprint density at radius 2 is 0.895 bits per heavy atom. The highest BCUT2D eigenvalue weighted by atomic mass is 32.2. The van der Waals surface area contributed by atoms with Gasteiger partial charge in [0, 0.05) is 13.8 Å². The second kappa shape index (κ2) is 28.8. The second-order valence-corrected chi connectivity index (χ2v) is 11.6. The van der Waals surface area contributed by atoms with Crippen LogP contribution in [0.15, 0.2) is 0 Å². The molecule has 0 radical (unpaired) electrons. The summed E-state index contributed by atoms with van der Waals surface area (Å²) in [5, 5.41) is 0. The Morgan fingerprint density at radius 3 is 1.24 bits per heavy atom. The van der Waals surface area contributed by atoms with Crippen molar-refractivity contribution < 1.29 is 28.6 Å². The van der Waals surface area contributed by atoms with Crippen LogP contribution in [-0.4, -0.2) is 48.7 Å². The lowest BCUT2D eigenvalue weighted by Gasteiger charge is -2.17. The standard InChI is InChI=1S/C31H58O6S/c1-4-5-6-7-8-9-10-11-12-13-14-15-16-17-18-19-20-21-22-23-24-38-27-31(34)37-30(25-35-28(2)32)26-36-29(3)33/h30H,4-27H2,1-3H3. The number of rotatable bonds is 28. The summed E-state index contributed by atoms with van der Waals surface area (Å²) in [6.45, 7) is 4.61. The van der Waals surface area contributed by atoms with Crippen LogP contribution in [0.25, 0.3) is 0 Å². The molecule has 0 saturated heterocycles. The predicted octanol–water partition coefficient (Wildman–Crippen LogP) is 8.58. The molecule has 0 amide bonds. The number of esters is 3. The first kappa shape index (κ1) is 36.8. The molecule has 0 aliphatic heterocycles. The lowest BCUT2D eigenvalue weighted by Crippen LogP contribution is -2.30. The van der Waals surface area contributed by atoms with E-state index in [1.54, 1.807) is 11.8 Å². The Bertz CT molecular complexity index is 551. The fourth-order valence-electron chi connectivity index (χ4n) is 4.37. The van der Waals surface area contributed by atoms with Gasteiger partial charge in [-0.25, -0.2) is 0 Å². The summed E-state index contributed by atoms with van der Waals surface area (Å²) < 4.78 is 15.0. The summed E-state index contributed by atoms with van der Waals surface area (Å²) in [5.41, 5.74) is 0. The number of ether oxygens (including phenoxy) is 3. The third kappa shape index (κ3) is 29.3. The summed E-state index contributed by atoms with van der Waals surface area (Å²) in [4.78, 5) is 34.0. The first-order valence-electron chi connectivity index (χ1n) is 15.5. The van der Waals surface area contributed by atoms with Gasteiger partial charge >= 0.3 is 17.9 Å². The molecule has 0 aromatic carbocycles. The van der Waals surface area contributed by atoms with Gasteiger partial charge in [-0.2, -0.15) is 11.8 Å². The van der Waals surface area contributed by atoms with Crippen molar-refractivity contribution in [2.75, 3.05) is 24.7 Å². The van der Waals surface area contributed by atoms with Gasteiger partial charge in [0.1, 0.15) is 13.2 Å². The number of unbranched alkanes of at least 4 members (excludes halogenated alkanes) is 19. The monoisotopic (exact) mass is 558 g/mol. The van der Waals surface area contributed by atoms with Crippen LogP contribution in [-0.2, 0) is 28.6 Å². The zero-order chi connectivity index (χ0) is 28.1. The molecule has 0 bridgehead atoms. The zero-order valence-corrected chi connectivity index (χ0v) is 25.7. The molecular weight excluding hydrogens is 500 g/mol. The van der Waals surface area contributed by atoms with Gasteiger partial charge in [0.2, 0.25) is 0 Å². The fourth-order valence-corrected chi connectivity index (χ4v) is 5.16. The van der Waals surface area contributed by atoms with E-state index in [-0.39, 0.29) is 24.9 Å². The molecule has 0 atom stereocenters. The molecule has 0 saturated carbocycles. The number of carbonyl (C=O) groups excluding carboxylic acids is 3. The minimum Gasteiger partial charge on any atom is -0.462 e. The van der Waals surface area contributed by atoms with Crippen molar-refractivity contribution in [1.82, 2.24) is 0 Å². The highest BCUT2D eigenvalue weighted by Gasteiger charge is 2.17. The number of hydrogen-bond acceptors (Lipinski definition) is 7. The molecule has 0 aromatic rings. The van der Waals surface area contributed by atoms with E-state index in [1.807, 2.05) is 0 Å². The molecule has 0 aliphatic carbocycles. The smallest absolute Gasteiger partial charge is 0.316 e. The van der Waals surface area contributed by atoms with Crippen molar-refractivity contribution in [3.05, 3.63) is 0 Å². The molecule has 0 rings (SSSR count). The van der Waals surface area contributed by atoms with E-state index in [9.17, 15) is 14.4 Å². The van der Waals surface area contributed by atoms with Gasteiger partial charge in [-0.15, -0.1) is 0 Å². The Hall–Kier alpha value is -1.24. The maximum Gasteiger partial charge on any atom is 0.316 e. The van der Waals surface area contributed by atoms with E-state index in [2.05, 4.69) is 6.92 Å². The van der Waals surface area contributed by atoms with Crippen molar-refractivity contribution in [2.45, 2.75) is 155 Å². The van der Waals surface area contributed by atoms with Crippen LogP contribution in [0, 0.1) is 0 Å². The second-order valence-electron chi connectivity index (χ2n) is 10.5. The first-order chi connectivity index (χ1) is 18.5. The van der Waals surface area contributed by atoms with Gasteiger partial charge in [-0.1, -0.05) is 129 Å². The maximum atomic E-state index is 12.0. The molecule has 0 spiro atoms. The molecular formula is C31H58O6S. The van der Waals surface area contributed by atoms with Gasteiger partial charge in [0.15, 0.2) is 6.10 Å². The van der Waals surface area contributed by atoms with Crippen molar-refractivity contribution in [3.8, 4) is 0 Å². The van der Waals surface area contributed by atoms with Gasteiger partial charge in [0.25, 0.3) is 0 Å². The van der Waals surface area contributed by atoms with Gasteiger partial charge in [-0.05, 0) is 12.2 Å². The number of hydrogen-bond donors (Lipinski definition) is 0. The van der Waals surface area contributed by atoms with Crippen LogP contribution in [0.3, 0.4) is 0 Å². The van der Waals surface area contributed by atoms with Crippen LogP contribution in [0.1, 0.15) is 149 Å². The molecule has 6 nitrogen and oxygen atoms in total. The maximum absolute atomic E-state index is 12.0. The fraction of sp³-hybridized carbons (Fsp3) is 0.903.